The molecule has 0 aliphatic rings. The maximum atomic E-state index is 10.5. The molecular formula is C10H19ClO. The van der Waals surface area contributed by atoms with Crippen LogP contribution in [0.4, 0.5) is 0 Å². The Balaban J connectivity index is 3.31. The minimum Gasteiger partial charge on any atom is -0.281 e. The lowest BCUT2D eigenvalue weighted by molar-refractivity contribution is -0.112. The van der Waals surface area contributed by atoms with Gasteiger partial charge in [-0.3, -0.25) is 4.79 Å². The van der Waals surface area contributed by atoms with Crippen LogP contribution in [-0.2, 0) is 4.79 Å². The summed E-state index contributed by atoms with van der Waals surface area (Å²) >= 11 is 5.28. The molecule has 0 spiro atoms. The van der Waals surface area contributed by atoms with Crippen LogP contribution in [0.1, 0.15) is 46.5 Å². The largest absolute Gasteiger partial charge is 0.281 e. The molecule has 1 nitrogen and oxygen atoms in total. The molecule has 0 saturated heterocycles. The van der Waals surface area contributed by atoms with E-state index < -0.39 is 0 Å². The third kappa shape index (κ3) is 8.06. The summed E-state index contributed by atoms with van der Waals surface area (Å²) < 4.78 is 0. The van der Waals surface area contributed by atoms with Gasteiger partial charge >= 0.3 is 0 Å². The van der Waals surface area contributed by atoms with Crippen molar-refractivity contribution in [3.8, 4) is 0 Å². The SMILES string of the molecule is CC(C)CCC[C@@H](C)CC(=O)Cl. The second-order valence-electron chi connectivity index (χ2n) is 3.99. The minimum atomic E-state index is -0.202. The van der Waals surface area contributed by atoms with Crippen LogP contribution in [0.3, 0.4) is 0 Å². The summed E-state index contributed by atoms with van der Waals surface area (Å²) in [7, 11) is 0. The van der Waals surface area contributed by atoms with E-state index in [1.165, 1.54) is 12.8 Å². The zero-order chi connectivity index (χ0) is 9.56. The molecule has 0 aliphatic heterocycles. The fourth-order valence-electron chi connectivity index (χ4n) is 1.25. The monoisotopic (exact) mass is 190 g/mol. The van der Waals surface area contributed by atoms with Gasteiger partial charge in [-0.1, -0.05) is 40.0 Å². The van der Waals surface area contributed by atoms with Crippen LogP contribution >= 0.6 is 11.6 Å². The highest BCUT2D eigenvalue weighted by atomic mass is 35.5. The fourth-order valence-corrected chi connectivity index (χ4v) is 1.51. The Morgan fingerprint density at radius 1 is 1.25 bits per heavy atom. The average Bonchev–Trinajstić information content (AvgIpc) is 1.84. The van der Waals surface area contributed by atoms with Crippen molar-refractivity contribution in [2.24, 2.45) is 11.8 Å². The molecule has 0 aromatic carbocycles. The van der Waals surface area contributed by atoms with Gasteiger partial charge < -0.3 is 0 Å². The van der Waals surface area contributed by atoms with E-state index in [9.17, 15) is 4.79 Å². The molecule has 0 bridgehead atoms. The fraction of sp³-hybridized carbons (Fsp3) is 0.900. The van der Waals surface area contributed by atoms with E-state index >= 15 is 0 Å². The van der Waals surface area contributed by atoms with Crippen LogP contribution in [0, 0.1) is 11.8 Å². The Bertz CT molecular complexity index is 132. The lowest BCUT2D eigenvalue weighted by Crippen LogP contribution is -2.00. The van der Waals surface area contributed by atoms with Gasteiger partial charge in [-0.05, 0) is 23.4 Å². The first-order chi connectivity index (χ1) is 5.52. The van der Waals surface area contributed by atoms with Crippen LogP contribution in [0.2, 0.25) is 0 Å². The van der Waals surface area contributed by atoms with Crippen molar-refractivity contribution in [2.45, 2.75) is 46.5 Å². The third-order valence-electron chi connectivity index (χ3n) is 1.99. The van der Waals surface area contributed by atoms with Crippen molar-refractivity contribution in [1.29, 1.82) is 0 Å². The van der Waals surface area contributed by atoms with Crippen molar-refractivity contribution in [3.63, 3.8) is 0 Å². The van der Waals surface area contributed by atoms with E-state index in [1.807, 2.05) is 0 Å². The number of hydrogen-bond acceptors (Lipinski definition) is 1. The maximum absolute atomic E-state index is 10.5. The van der Waals surface area contributed by atoms with Gasteiger partial charge in [0.1, 0.15) is 0 Å². The molecule has 12 heavy (non-hydrogen) atoms. The van der Waals surface area contributed by atoms with Gasteiger partial charge in [-0.25, -0.2) is 0 Å². The Morgan fingerprint density at radius 3 is 2.25 bits per heavy atom. The average molecular weight is 191 g/mol. The first-order valence-corrected chi connectivity index (χ1v) is 5.08. The highest BCUT2D eigenvalue weighted by Crippen LogP contribution is 2.15. The summed E-state index contributed by atoms with van der Waals surface area (Å²) in [6.07, 6.45) is 4.11. The molecule has 2 heteroatoms. The second-order valence-corrected chi connectivity index (χ2v) is 4.41. The van der Waals surface area contributed by atoms with Gasteiger partial charge in [-0.15, -0.1) is 0 Å². The molecule has 0 fully saturated rings. The number of hydrogen-bond donors (Lipinski definition) is 0. The summed E-state index contributed by atoms with van der Waals surface area (Å²) in [5.74, 6) is 1.22. The van der Waals surface area contributed by atoms with Gasteiger partial charge in [-0.2, -0.15) is 0 Å². The van der Waals surface area contributed by atoms with E-state index in [0.717, 1.165) is 12.3 Å². The highest BCUT2D eigenvalue weighted by molar-refractivity contribution is 6.63. The van der Waals surface area contributed by atoms with E-state index in [-0.39, 0.29) is 5.24 Å². The lowest BCUT2D eigenvalue weighted by atomic mass is 9.98. The summed E-state index contributed by atoms with van der Waals surface area (Å²) in [4.78, 5) is 10.5. The molecule has 0 radical (unpaired) electrons. The number of carbonyl (C=O) groups is 1. The Morgan fingerprint density at radius 2 is 1.83 bits per heavy atom. The van der Waals surface area contributed by atoms with Crippen molar-refractivity contribution < 1.29 is 4.79 Å². The molecule has 72 valence electrons. The summed E-state index contributed by atoms with van der Waals surface area (Å²) in [5, 5.41) is -0.202. The highest BCUT2D eigenvalue weighted by Gasteiger charge is 2.06. The summed E-state index contributed by atoms with van der Waals surface area (Å²) in [5.41, 5.74) is 0. The molecular weight excluding hydrogens is 172 g/mol. The maximum Gasteiger partial charge on any atom is 0.221 e. The molecule has 0 unspecified atom stereocenters. The minimum absolute atomic E-state index is 0.202. The molecule has 0 N–H and O–H groups in total. The molecule has 0 heterocycles. The predicted molar refractivity (Wildman–Crippen MR) is 53.3 cm³/mol. The molecule has 0 saturated carbocycles. The number of halogens is 1. The van der Waals surface area contributed by atoms with Gasteiger partial charge in [0, 0.05) is 6.42 Å². The van der Waals surface area contributed by atoms with E-state index in [4.69, 9.17) is 11.6 Å². The van der Waals surface area contributed by atoms with Gasteiger partial charge in [0.2, 0.25) is 5.24 Å². The first kappa shape index (κ1) is 12.0. The van der Waals surface area contributed by atoms with E-state index in [0.29, 0.717) is 12.3 Å². The molecule has 0 aromatic rings. The molecule has 0 amide bonds. The van der Waals surface area contributed by atoms with E-state index in [2.05, 4.69) is 20.8 Å². The van der Waals surface area contributed by atoms with Gasteiger partial charge in [0.15, 0.2) is 0 Å². The van der Waals surface area contributed by atoms with Crippen LogP contribution in [0.15, 0.2) is 0 Å². The second kappa shape index (κ2) is 6.47. The normalized spacial score (nSPS) is 13.4. The summed E-state index contributed by atoms with van der Waals surface area (Å²) in [6, 6.07) is 0. The molecule has 1 atom stereocenters. The summed E-state index contributed by atoms with van der Waals surface area (Å²) in [6.45, 7) is 6.52. The van der Waals surface area contributed by atoms with Crippen LogP contribution < -0.4 is 0 Å². The zero-order valence-electron chi connectivity index (χ0n) is 8.27. The lowest BCUT2D eigenvalue weighted by Gasteiger charge is -2.09. The standard InChI is InChI=1S/C10H19ClO/c1-8(2)5-4-6-9(3)7-10(11)12/h8-9H,4-7H2,1-3H3/t9-/m1/s1. The van der Waals surface area contributed by atoms with Crippen molar-refractivity contribution in [1.82, 2.24) is 0 Å². The molecule has 0 aliphatic carbocycles. The van der Waals surface area contributed by atoms with Crippen molar-refractivity contribution in [2.75, 3.05) is 0 Å². The Hall–Kier alpha value is -0.0400. The van der Waals surface area contributed by atoms with Crippen LogP contribution in [-0.4, -0.2) is 5.24 Å². The van der Waals surface area contributed by atoms with Crippen LogP contribution in [0.25, 0.3) is 0 Å². The van der Waals surface area contributed by atoms with Gasteiger partial charge in [0.05, 0.1) is 0 Å². The smallest absolute Gasteiger partial charge is 0.221 e. The third-order valence-corrected chi connectivity index (χ3v) is 2.14. The van der Waals surface area contributed by atoms with Crippen LogP contribution in [0.5, 0.6) is 0 Å². The quantitative estimate of drug-likeness (QED) is 0.585. The van der Waals surface area contributed by atoms with Crippen molar-refractivity contribution in [3.05, 3.63) is 0 Å². The molecule has 0 rings (SSSR count). The van der Waals surface area contributed by atoms with Gasteiger partial charge in [0.25, 0.3) is 0 Å². The topological polar surface area (TPSA) is 17.1 Å². The van der Waals surface area contributed by atoms with Crippen molar-refractivity contribution >= 4 is 16.8 Å². The first-order valence-electron chi connectivity index (χ1n) is 4.70. The zero-order valence-corrected chi connectivity index (χ0v) is 9.03. The number of rotatable bonds is 6. The number of carbonyl (C=O) groups excluding carboxylic acids is 1. The Kier molecular flexibility index (Phi) is 6.45. The Labute approximate surface area is 80.5 Å². The molecule has 0 aromatic heterocycles. The predicted octanol–water partition coefficient (Wildman–Crippen LogP) is 3.60. The van der Waals surface area contributed by atoms with E-state index in [1.54, 1.807) is 0 Å².